The van der Waals surface area contributed by atoms with Gasteiger partial charge < -0.3 is 5.32 Å². The number of aryl methyl sites for hydroxylation is 3. The minimum Gasteiger partial charge on any atom is -0.325 e. The van der Waals surface area contributed by atoms with E-state index in [1.54, 1.807) is 11.8 Å². The van der Waals surface area contributed by atoms with Crippen molar-refractivity contribution < 1.29 is 4.79 Å². The summed E-state index contributed by atoms with van der Waals surface area (Å²) >= 11 is 1.75. The molecule has 3 heteroatoms. The number of benzene rings is 2. The van der Waals surface area contributed by atoms with E-state index in [-0.39, 0.29) is 5.91 Å². The number of hydrogen-bond donors (Lipinski definition) is 1. The van der Waals surface area contributed by atoms with Crippen LogP contribution in [-0.2, 0) is 11.2 Å². The van der Waals surface area contributed by atoms with Crippen molar-refractivity contribution in [3.63, 3.8) is 0 Å². The van der Waals surface area contributed by atoms with Crippen molar-refractivity contribution in [3.05, 3.63) is 59.2 Å². The molecule has 0 bridgehead atoms. The van der Waals surface area contributed by atoms with Crippen LogP contribution < -0.4 is 5.32 Å². The maximum absolute atomic E-state index is 12.2. The number of nitrogens with one attached hydrogen (secondary N) is 1. The second-order valence-corrected chi connectivity index (χ2v) is 6.70. The highest BCUT2D eigenvalue weighted by atomic mass is 32.2. The first-order valence-electron chi connectivity index (χ1n) is 7.68. The Morgan fingerprint density at radius 3 is 2.59 bits per heavy atom. The molecule has 0 aromatic heterocycles. The van der Waals surface area contributed by atoms with E-state index in [0.29, 0.717) is 6.42 Å². The highest BCUT2D eigenvalue weighted by Gasteiger charge is 2.07. The van der Waals surface area contributed by atoms with Gasteiger partial charge in [-0.1, -0.05) is 37.3 Å². The van der Waals surface area contributed by atoms with Gasteiger partial charge in [-0.05, 0) is 54.8 Å². The summed E-state index contributed by atoms with van der Waals surface area (Å²) in [5, 5.41) is 3.03. The molecule has 1 N–H and O–H groups in total. The van der Waals surface area contributed by atoms with Gasteiger partial charge in [-0.15, -0.1) is 11.8 Å². The predicted molar refractivity (Wildman–Crippen MR) is 95.7 cm³/mol. The number of anilines is 1. The molecule has 0 unspecified atom stereocenters. The zero-order chi connectivity index (χ0) is 15.9. The van der Waals surface area contributed by atoms with Gasteiger partial charge in [-0.3, -0.25) is 4.79 Å². The van der Waals surface area contributed by atoms with Gasteiger partial charge in [0, 0.05) is 11.3 Å². The summed E-state index contributed by atoms with van der Waals surface area (Å²) in [5.74, 6) is 1.07. The number of thioether (sulfide) groups is 1. The molecule has 0 atom stereocenters. The molecule has 2 nitrogen and oxygen atoms in total. The summed E-state index contributed by atoms with van der Waals surface area (Å²) in [6.07, 6.45) is 1.28. The Labute approximate surface area is 137 Å². The number of hydrogen-bond acceptors (Lipinski definition) is 2. The van der Waals surface area contributed by atoms with Crippen LogP contribution in [0.15, 0.2) is 47.4 Å². The monoisotopic (exact) mass is 313 g/mol. The number of carbonyl (C=O) groups is 1. The van der Waals surface area contributed by atoms with Crippen LogP contribution in [0.1, 0.15) is 30.0 Å². The van der Waals surface area contributed by atoms with Crippen LogP contribution in [0.25, 0.3) is 0 Å². The van der Waals surface area contributed by atoms with Crippen molar-refractivity contribution in [2.24, 2.45) is 0 Å². The molecular weight excluding hydrogens is 290 g/mol. The summed E-state index contributed by atoms with van der Waals surface area (Å²) in [7, 11) is 0. The fourth-order valence-corrected chi connectivity index (χ4v) is 3.04. The maximum atomic E-state index is 12.2. The van der Waals surface area contributed by atoms with Crippen LogP contribution in [0.5, 0.6) is 0 Å². The van der Waals surface area contributed by atoms with Crippen molar-refractivity contribution >= 4 is 23.4 Å². The fraction of sp³-hybridized carbons (Fsp3) is 0.316. The molecule has 2 aromatic carbocycles. The largest absolute Gasteiger partial charge is 0.325 e. The Morgan fingerprint density at radius 1 is 1.09 bits per heavy atom. The van der Waals surface area contributed by atoms with Crippen LogP contribution in [0.4, 0.5) is 5.69 Å². The van der Waals surface area contributed by atoms with Crippen molar-refractivity contribution in [1.82, 2.24) is 0 Å². The van der Waals surface area contributed by atoms with Gasteiger partial charge in [-0.25, -0.2) is 0 Å². The fourth-order valence-electron chi connectivity index (χ4n) is 2.28. The average molecular weight is 313 g/mol. The van der Waals surface area contributed by atoms with Crippen LogP contribution >= 0.6 is 11.8 Å². The lowest BCUT2D eigenvalue weighted by atomic mass is 10.0. The van der Waals surface area contributed by atoms with Crippen molar-refractivity contribution in [1.29, 1.82) is 0 Å². The summed E-state index contributed by atoms with van der Waals surface area (Å²) < 4.78 is 0. The topological polar surface area (TPSA) is 29.1 Å². The van der Waals surface area contributed by atoms with E-state index in [4.69, 9.17) is 0 Å². The van der Waals surface area contributed by atoms with Crippen LogP contribution in [-0.4, -0.2) is 11.7 Å². The molecule has 0 aliphatic heterocycles. The average Bonchev–Trinajstić information content (AvgIpc) is 2.51. The van der Waals surface area contributed by atoms with Crippen LogP contribution in [0.3, 0.4) is 0 Å². The minimum atomic E-state index is 0.0716. The predicted octanol–water partition coefficient (Wildman–Crippen LogP) is 4.99. The van der Waals surface area contributed by atoms with Gasteiger partial charge in [0.15, 0.2) is 0 Å². The first-order chi connectivity index (χ1) is 10.6. The molecule has 0 aliphatic carbocycles. The smallest absolute Gasteiger partial charge is 0.224 e. The van der Waals surface area contributed by atoms with E-state index in [1.165, 1.54) is 16.7 Å². The third-order valence-corrected chi connectivity index (χ3v) is 4.63. The SMILES string of the molecule is CCSc1ccccc1NC(=O)CCc1ccc(C)c(C)c1. The van der Waals surface area contributed by atoms with E-state index in [2.05, 4.69) is 44.3 Å². The van der Waals surface area contributed by atoms with E-state index in [9.17, 15) is 4.79 Å². The third kappa shape index (κ3) is 4.63. The minimum absolute atomic E-state index is 0.0716. The Hall–Kier alpha value is -1.74. The second-order valence-electron chi connectivity index (χ2n) is 5.40. The molecule has 1 amide bonds. The van der Waals surface area contributed by atoms with E-state index in [0.717, 1.165) is 22.8 Å². The number of rotatable bonds is 6. The molecule has 0 saturated carbocycles. The Morgan fingerprint density at radius 2 is 1.86 bits per heavy atom. The van der Waals surface area contributed by atoms with Gasteiger partial charge in [0.05, 0.1) is 5.69 Å². The summed E-state index contributed by atoms with van der Waals surface area (Å²) in [6, 6.07) is 14.4. The molecule has 0 spiro atoms. The van der Waals surface area contributed by atoms with Gasteiger partial charge in [0.2, 0.25) is 5.91 Å². The number of amides is 1. The molecule has 0 radical (unpaired) electrons. The molecule has 22 heavy (non-hydrogen) atoms. The standard InChI is InChI=1S/C19H23NOS/c1-4-22-18-8-6-5-7-17(18)20-19(21)12-11-16-10-9-14(2)15(3)13-16/h5-10,13H,4,11-12H2,1-3H3,(H,20,21). The molecule has 0 saturated heterocycles. The normalized spacial score (nSPS) is 10.5. The first-order valence-corrected chi connectivity index (χ1v) is 8.66. The lowest BCUT2D eigenvalue weighted by molar-refractivity contribution is -0.116. The van der Waals surface area contributed by atoms with Crippen molar-refractivity contribution in [2.75, 3.05) is 11.1 Å². The van der Waals surface area contributed by atoms with Crippen molar-refractivity contribution in [3.8, 4) is 0 Å². The number of carbonyl (C=O) groups excluding carboxylic acids is 1. The Kier molecular flexibility index (Phi) is 6.08. The molecule has 2 aromatic rings. The zero-order valence-electron chi connectivity index (χ0n) is 13.5. The van der Waals surface area contributed by atoms with Crippen molar-refractivity contribution in [2.45, 2.75) is 38.5 Å². The number of para-hydroxylation sites is 1. The Bertz CT molecular complexity index is 652. The third-order valence-electron chi connectivity index (χ3n) is 3.67. The lowest BCUT2D eigenvalue weighted by Crippen LogP contribution is -2.13. The highest BCUT2D eigenvalue weighted by molar-refractivity contribution is 7.99. The molecule has 0 fully saturated rings. The molecule has 0 aliphatic rings. The van der Waals surface area contributed by atoms with Gasteiger partial charge in [0.25, 0.3) is 0 Å². The molecule has 2 rings (SSSR count). The second kappa shape index (κ2) is 8.04. The van der Waals surface area contributed by atoms with Gasteiger partial charge in [-0.2, -0.15) is 0 Å². The highest BCUT2D eigenvalue weighted by Crippen LogP contribution is 2.26. The van der Waals surface area contributed by atoms with Crippen LogP contribution in [0, 0.1) is 13.8 Å². The quantitative estimate of drug-likeness (QED) is 0.761. The summed E-state index contributed by atoms with van der Waals surface area (Å²) in [5.41, 5.74) is 4.70. The van der Waals surface area contributed by atoms with Crippen LogP contribution in [0.2, 0.25) is 0 Å². The molecule has 0 heterocycles. The molecular formula is C19H23NOS. The maximum Gasteiger partial charge on any atom is 0.224 e. The Balaban J connectivity index is 1.94. The summed E-state index contributed by atoms with van der Waals surface area (Å²) in [6.45, 7) is 6.33. The van der Waals surface area contributed by atoms with E-state index < -0.39 is 0 Å². The van der Waals surface area contributed by atoms with E-state index in [1.807, 2.05) is 24.3 Å². The molecule has 116 valence electrons. The summed E-state index contributed by atoms with van der Waals surface area (Å²) in [4.78, 5) is 13.3. The van der Waals surface area contributed by atoms with Gasteiger partial charge in [0.1, 0.15) is 0 Å². The van der Waals surface area contributed by atoms with Gasteiger partial charge >= 0.3 is 0 Å². The van der Waals surface area contributed by atoms with E-state index >= 15 is 0 Å². The first kappa shape index (κ1) is 16.6. The zero-order valence-corrected chi connectivity index (χ0v) is 14.3. The lowest BCUT2D eigenvalue weighted by Gasteiger charge is -2.10.